The van der Waals surface area contributed by atoms with Gasteiger partial charge in [-0.05, 0) is 35.2 Å². The van der Waals surface area contributed by atoms with Crippen LogP contribution in [0.4, 0.5) is 0 Å². The van der Waals surface area contributed by atoms with Crippen LogP contribution in [0.2, 0.25) is 0 Å². The highest BCUT2D eigenvalue weighted by molar-refractivity contribution is 9.10. The zero-order valence-electron chi connectivity index (χ0n) is 9.13. The Morgan fingerprint density at radius 3 is 2.83 bits per heavy atom. The van der Waals surface area contributed by atoms with E-state index in [1.54, 1.807) is 23.6 Å². The molecule has 0 amide bonds. The lowest BCUT2D eigenvalue weighted by atomic mass is 10.3. The van der Waals surface area contributed by atoms with Gasteiger partial charge in [-0.15, -0.1) is 11.3 Å². The second kappa shape index (κ2) is 5.77. The van der Waals surface area contributed by atoms with Gasteiger partial charge in [-0.25, -0.2) is 4.79 Å². The lowest BCUT2D eigenvalue weighted by Gasteiger charge is -2.02. The first kappa shape index (κ1) is 13.5. The molecule has 18 heavy (non-hydrogen) atoms. The van der Waals surface area contributed by atoms with Gasteiger partial charge in [0.25, 0.3) is 0 Å². The number of carbonyl (C=O) groups is 1. The van der Waals surface area contributed by atoms with Gasteiger partial charge < -0.3 is 5.11 Å². The Kier molecular flexibility index (Phi) is 4.31. The summed E-state index contributed by atoms with van der Waals surface area (Å²) in [5.74, 6) is -0.743. The monoisotopic (exact) mass is 344 g/mol. The molecule has 1 aromatic carbocycles. The highest BCUT2D eigenvalue weighted by atomic mass is 79.9. The fraction of sp³-hybridized carbons (Fsp3) is 0.0833. The van der Waals surface area contributed by atoms with E-state index >= 15 is 0 Å². The van der Waals surface area contributed by atoms with Crippen molar-refractivity contribution >= 4 is 44.0 Å². The lowest BCUT2D eigenvalue weighted by Crippen LogP contribution is -2.01. The van der Waals surface area contributed by atoms with E-state index in [4.69, 9.17) is 5.11 Å². The average molecular weight is 345 g/mol. The zero-order chi connectivity index (χ0) is 13.1. The Morgan fingerprint density at radius 1 is 1.39 bits per heavy atom. The van der Waals surface area contributed by atoms with Gasteiger partial charge in [0, 0.05) is 9.37 Å². The summed E-state index contributed by atoms with van der Waals surface area (Å²) in [5.41, 5.74) is 0.616. The summed E-state index contributed by atoms with van der Waals surface area (Å²) >= 11 is 4.47. The molecule has 1 heterocycles. The van der Waals surface area contributed by atoms with Crippen molar-refractivity contribution in [2.24, 2.45) is 0 Å². The van der Waals surface area contributed by atoms with Gasteiger partial charge in [0.15, 0.2) is 0 Å². The van der Waals surface area contributed by atoms with Crippen LogP contribution in [-0.2, 0) is 16.6 Å². The molecule has 0 aliphatic carbocycles. The third-order valence-corrected chi connectivity index (χ3v) is 5.08. The number of thiophene rings is 1. The Bertz CT molecular complexity index is 607. The molecular formula is C12H9BrO3S2. The average Bonchev–Trinajstić information content (AvgIpc) is 2.77. The first-order chi connectivity index (χ1) is 8.58. The van der Waals surface area contributed by atoms with E-state index in [0.29, 0.717) is 10.5 Å². The van der Waals surface area contributed by atoms with E-state index < -0.39 is 16.8 Å². The number of carboxylic acids is 1. The van der Waals surface area contributed by atoms with E-state index in [-0.39, 0.29) is 10.6 Å². The third kappa shape index (κ3) is 3.07. The van der Waals surface area contributed by atoms with Crippen LogP contribution in [0.15, 0.2) is 45.1 Å². The predicted molar refractivity (Wildman–Crippen MR) is 75.5 cm³/mol. The van der Waals surface area contributed by atoms with Crippen LogP contribution in [0, 0.1) is 0 Å². The van der Waals surface area contributed by atoms with Crippen LogP contribution < -0.4 is 0 Å². The largest absolute Gasteiger partial charge is 0.477 e. The first-order valence-corrected chi connectivity index (χ1v) is 8.00. The topological polar surface area (TPSA) is 54.4 Å². The highest BCUT2D eigenvalue weighted by Crippen LogP contribution is 2.22. The number of benzene rings is 1. The summed E-state index contributed by atoms with van der Waals surface area (Å²) in [6, 6.07) is 8.93. The molecule has 0 aliphatic heterocycles. The van der Waals surface area contributed by atoms with E-state index in [1.165, 1.54) is 0 Å². The molecule has 0 aliphatic rings. The van der Waals surface area contributed by atoms with Crippen LogP contribution in [-0.4, -0.2) is 15.3 Å². The van der Waals surface area contributed by atoms with Gasteiger partial charge in [0.2, 0.25) is 0 Å². The van der Waals surface area contributed by atoms with Crippen molar-refractivity contribution < 1.29 is 14.1 Å². The Morgan fingerprint density at radius 2 is 2.17 bits per heavy atom. The summed E-state index contributed by atoms with van der Waals surface area (Å²) in [5, 5.41) is 10.7. The second-order valence-electron chi connectivity index (χ2n) is 3.53. The number of carboxylic acid groups (broad SMARTS) is 1. The molecule has 0 spiro atoms. The summed E-state index contributed by atoms with van der Waals surface area (Å²) in [6.07, 6.45) is 0. The first-order valence-electron chi connectivity index (χ1n) is 5.01. The fourth-order valence-corrected chi connectivity index (χ4v) is 4.05. The molecule has 2 rings (SSSR count). The zero-order valence-corrected chi connectivity index (χ0v) is 12.3. The quantitative estimate of drug-likeness (QED) is 0.923. The molecule has 0 saturated carbocycles. The number of aromatic carboxylic acids is 1. The normalized spacial score (nSPS) is 12.3. The molecule has 1 unspecified atom stereocenters. The number of hydrogen-bond donors (Lipinski definition) is 1. The molecule has 0 radical (unpaired) electrons. The van der Waals surface area contributed by atoms with Crippen LogP contribution in [0.5, 0.6) is 0 Å². The van der Waals surface area contributed by atoms with Crippen molar-refractivity contribution in [3.8, 4) is 0 Å². The van der Waals surface area contributed by atoms with E-state index in [0.717, 1.165) is 15.8 Å². The minimum Gasteiger partial charge on any atom is -0.477 e. The van der Waals surface area contributed by atoms with Crippen LogP contribution >= 0.6 is 27.3 Å². The molecule has 0 fully saturated rings. The molecular weight excluding hydrogens is 336 g/mol. The third-order valence-electron chi connectivity index (χ3n) is 2.29. The fourth-order valence-electron chi connectivity index (χ4n) is 1.47. The van der Waals surface area contributed by atoms with Crippen molar-refractivity contribution in [1.29, 1.82) is 0 Å². The lowest BCUT2D eigenvalue weighted by molar-refractivity contribution is 0.0701. The van der Waals surface area contributed by atoms with E-state index in [1.807, 2.05) is 12.1 Å². The van der Waals surface area contributed by atoms with Gasteiger partial charge in [0.05, 0.1) is 16.6 Å². The molecule has 0 saturated heterocycles. The Hall–Kier alpha value is -0.980. The standard InChI is InChI=1S/C12H9BrO3S2/c13-9-2-1-3-10(6-9)18(16)7-8-4-5-17-11(8)12(14)15/h1-6H,7H2,(H,14,15). The van der Waals surface area contributed by atoms with Gasteiger partial charge >= 0.3 is 5.97 Å². The van der Waals surface area contributed by atoms with Crippen molar-refractivity contribution in [2.45, 2.75) is 10.6 Å². The van der Waals surface area contributed by atoms with Crippen molar-refractivity contribution in [3.05, 3.63) is 50.6 Å². The highest BCUT2D eigenvalue weighted by Gasteiger charge is 2.14. The van der Waals surface area contributed by atoms with Gasteiger partial charge in [-0.1, -0.05) is 22.0 Å². The molecule has 94 valence electrons. The SMILES string of the molecule is O=C(O)c1sccc1CS(=O)c1cccc(Br)c1. The summed E-state index contributed by atoms with van der Waals surface area (Å²) in [4.78, 5) is 11.9. The molecule has 2 aromatic rings. The molecule has 1 N–H and O–H groups in total. The maximum atomic E-state index is 12.1. The Labute approximate surface area is 119 Å². The summed E-state index contributed by atoms with van der Waals surface area (Å²) in [7, 11) is -1.24. The number of halogens is 1. The van der Waals surface area contributed by atoms with Crippen LogP contribution in [0.3, 0.4) is 0 Å². The maximum absolute atomic E-state index is 12.1. The van der Waals surface area contributed by atoms with Crippen LogP contribution in [0.1, 0.15) is 15.2 Å². The maximum Gasteiger partial charge on any atom is 0.346 e. The van der Waals surface area contributed by atoms with Crippen molar-refractivity contribution in [2.75, 3.05) is 0 Å². The number of rotatable bonds is 4. The smallest absolute Gasteiger partial charge is 0.346 e. The van der Waals surface area contributed by atoms with Gasteiger partial charge in [0.1, 0.15) is 4.88 Å². The van der Waals surface area contributed by atoms with Gasteiger partial charge in [-0.2, -0.15) is 0 Å². The van der Waals surface area contributed by atoms with E-state index in [9.17, 15) is 9.00 Å². The van der Waals surface area contributed by atoms with E-state index in [2.05, 4.69) is 15.9 Å². The Balaban J connectivity index is 2.21. The van der Waals surface area contributed by atoms with Crippen molar-refractivity contribution in [3.63, 3.8) is 0 Å². The molecule has 6 heteroatoms. The second-order valence-corrected chi connectivity index (χ2v) is 6.81. The molecule has 3 nitrogen and oxygen atoms in total. The number of hydrogen-bond acceptors (Lipinski definition) is 3. The summed E-state index contributed by atoms with van der Waals surface area (Å²) < 4.78 is 13.0. The minimum atomic E-state index is -1.24. The van der Waals surface area contributed by atoms with Crippen molar-refractivity contribution in [1.82, 2.24) is 0 Å². The van der Waals surface area contributed by atoms with Crippen LogP contribution in [0.25, 0.3) is 0 Å². The minimum absolute atomic E-state index is 0.224. The summed E-state index contributed by atoms with van der Waals surface area (Å²) in [6.45, 7) is 0. The van der Waals surface area contributed by atoms with Gasteiger partial charge in [-0.3, -0.25) is 4.21 Å². The predicted octanol–water partition coefficient (Wildman–Crippen LogP) is 3.52. The molecule has 1 atom stereocenters. The molecule has 0 bridgehead atoms. The molecule has 1 aromatic heterocycles.